The summed E-state index contributed by atoms with van der Waals surface area (Å²) in [7, 11) is 0. The Morgan fingerprint density at radius 1 is 1.05 bits per heavy atom. The average molecular weight is 333 g/mol. The number of nitrogens with one attached hydrogen (secondary N) is 1. The molecule has 0 bridgehead atoms. The predicted octanol–water partition coefficient (Wildman–Crippen LogP) is 4.03. The lowest BCUT2D eigenvalue weighted by Crippen LogP contribution is -2.21. The normalized spacial score (nSPS) is 10.5. The molecule has 0 unspecified atom stereocenters. The lowest BCUT2D eigenvalue weighted by molar-refractivity contribution is 0.0951. The number of thiophene rings is 3. The second kappa shape index (κ2) is 6.34. The van der Waals surface area contributed by atoms with Crippen LogP contribution < -0.4 is 5.32 Å². The lowest BCUT2D eigenvalue weighted by atomic mass is 10.2. The van der Waals surface area contributed by atoms with Crippen LogP contribution in [0.25, 0.3) is 0 Å². The highest BCUT2D eigenvalue weighted by Gasteiger charge is 2.13. The topological polar surface area (TPSA) is 46.2 Å². The molecule has 0 atom stereocenters. The Kier molecular flexibility index (Phi) is 4.28. The molecule has 1 amide bonds. The van der Waals surface area contributed by atoms with E-state index in [1.54, 1.807) is 6.07 Å². The SMILES string of the molecule is O=C(NCc1ccc(C(=O)c2cccs2)s1)c1ccsc1. The van der Waals surface area contributed by atoms with Gasteiger partial charge >= 0.3 is 0 Å². The maximum Gasteiger partial charge on any atom is 0.252 e. The first-order chi connectivity index (χ1) is 10.2. The maximum atomic E-state index is 12.2. The van der Waals surface area contributed by atoms with Crippen LogP contribution in [-0.2, 0) is 6.54 Å². The van der Waals surface area contributed by atoms with Gasteiger partial charge in [0.25, 0.3) is 5.91 Å². The van der Waals surface area contributed by atoms with Crippen molar-refractivity contribution in [2.24, 2.45) is 0 Å². The van der Waals surface area contributed by atoms with Crippen molar-refractivity contribution < 1.29 is 9.59 Å². The first kappa shape index (κ1) is 14.2. The Labute approximate surface area is 133 Å². The largest absolute Gasteiger partial charge is 0.347 e. The van der Waals surface area contributed by atoms with Crippen LogP contribution in [-0.4, -0.2) is 11.7 Å². The van der Waals surface area contributed by atoms with Gasteiger partial charge in [-0.3, -0.25) is 9.59 Å². The van der Waals surface area contributed by atoms with E-state index in [0.29, 0.717) is 17.0 Å². The molecule has 0 aliphatic heterocycles. The van der Waals surface area contributed by atoms with Gasteiger partial charge in [0.1, 0.15) is 0 Å². The van der Waals surface area contributed by atoms with E-state index in [-0.39, 0.29) is 11.7 Å². The van der Waals surface area contributed by atoms with Crippen molar-refractivity contribution in [2.75, 3.05) is 0 Å². The van der Waals surface area contributed by atoms with E-state index in [2.05, 4.69) is 5.32 Å². The molecule has 0 fully saturated rings. The van der Waals surface area contributed by atoms with Gasteiger partial charge in [0, 0.05) is 15.8 Å². The van der Waals surface area contributed by atoms with Crippen molar-refractivity contribution in [3.05, 3.63) is 66.7 Å². The molecule has 1 N–H and O–H groups in total. The van der Waals surface area contributed by atoms with Gasteiger partial charge in [0.15, 0.2) is 0 Å². The van der Waals surface area contributed by atoms with E-state index < -0.39 is 0 Å². The fourth-order valence-electron chi connectivity index (χ4n) is 1.79. The Balaban J connectivity index is 1.63. The summed E-state index contributed by atoms with van der Waals surface area (Å²) in [6.45, 7) is 0.442. The van der Waals surface area contributed by atoms with Crippen LogP contribution in [0.4, 0.5) is 0 Å². The predicted molar refractivity (Wildman–Crippen MR) is 87.6 cm³/mol. The molecule has 0 saturated carbocycles. The highest BCUT2D eigenvalue weighted by Crippen LogP contribution is 2.22. The second-order valence-corrected chi connectivity index (χ2v) is 7.16. The molecule has 0 radical (unpaired) electrons. The molecule has 3 heterocycles. The lowest BCUT2D eigenvalue weighted by Gasteiger charge is -2.00. The monoisotopic (exact) mass is 333 g/mol. The van der Waals surface area contributed by atoms with Gasteiger partial charge in [0.05, 0.1) is 16.3 Å². The molecular formula is C15H11NO2S3. The van der Waals surface area contributed by atoms with Gasteiger partial charge in [-0.1, -0.05) is 6.07 Å². The summed E-state index contributed by atoms with van der Waals surface area (Å²) < 4.78 is 0. The Morgan fingerprint density at radius 3 is 2.67 bits per heavy atom. The van der Waals surface area contributed by atoms with Crippen LogP contribution in [0, 0.1) is 0 Å². The summed E-state index contributed by atoms with van der Waals surface area (Å²) in [5.41, 5.74) is 0.673. The fraction of sp³-hybridized carbons (Fsp3) is 0.0667. The van der Waals surface area contributed by atoms with Crippen LogP contribution in [0.1, 0.15) is 29.8 Å². The Morgan fingerprint density at radius 2 is 1.95 bits per heavy atom. The third kappa shape index (κ3) is 3.29. The third-order valence-corrected chi connectivity index (χ3v) is 5.47. The quantitative estimate of drug-likeness (QED) is 0.717. The van der Waals surface area contributed by atoms with Crippen molar-refractivity contribution in [1.29, 1.82) is 0 Å². The van der Waals surface area contributed by atoms with Gasteiger partial charge in [0.2, 0.25) is 5.78 Å². The summed E-state index contributed by atoms with van der Waals surface area (Å²) in [6, 6.07) is 9.19. The van der Waals surface area contributed by atoms with Crippen molar-refractivity contribution in [2.45, 2.75) is 6.54 Å². The van der Waals surface area contributed by atoms with Gasteiger partial charge in [-0.2, -0.15) is 11.3 Å². The van der Waals surface area contributed by atoms with E-state index in [0.717, 1.165) is 9.75 Å². The van der Waals surface area contributed by atoms with Crippen molar-refractivity contribution in [1.82, 2.24) is 5.32 Å². The highest BCUT2D eigenvalue weighted by atomic mass is 32.1. The van der Waals surface area contributed by atoms with E-state index in [4.69, 9.17) is 0 Å². The van der Waals surface area contributed by atoms with E-state index >= 15 is 0 Å². The number of hydrogen-bond donors (Lipinski definition) is 1. The van der Waals surface area contributed by atoms with Gasteiger partial charge < -0.3 is 5.32 Å². The molecule has 3 rings (SSSR count). The zero-order valence-electron chi connectivity index (χ0n) is 10.9. The first-order valence-corrected chi connectivity index (χ1v) is 8.85. The Bertz CT molecular complexity index is 742. The van der Waals surface area contributed by atoms with Gasteiger partial charge in [-0.25, -0.2) is 0 Å². The molecule has 3 aromatic heterocycles. The summed E-state index contributed by atoms with van der Waals surface area (Å²) in [6.07, 6.45) is 0. The minimum Gasteiger partial charge on any atom is -0.347 e. The molecule has 6 heteroatoms. The number of hydrogen-bond acceptors (Lipinski definition) is 5. The summed E-state index contributed by atoms with van der Waals surface area (Å²) in [4.78, 5) is 26.4. The van der Waals surface area contributed by atoms with Crippen LogP contribution in [0.3, 0.4) is 0 Å². The van der Waals surface area contributed by atoms with Crippen LogP contribution in [0.5, 0.6) is 0 Å². The molecule has 3 nitrogen and oxygen atoms in total. The maximum absolute atomic E-state index is 12.2. The standard InChI is InChI=1S/C15H11NO2S3/c17-14(12-2-1-6-20-12)13-4-3-11(21-13)8-16-15(18)10-5-7-19-9-10/h1-7,9H,8H2,(H,16,18). The zero-order valence-corrected chi connectivity index (χ0v) is 13.3. The summed E-state index contributed by atoms with van der Waals surface area (Å²) in [5.74, 6) is -0.0406. The van der Waals surface area contributed by atoms with E-state index in [9.17, 15) is 9.59 Å². The Hall–Kier alpha value is -1.76. The fourth-order valence-corrected chi connectivity index (χ4v) is 4.07. The van der Waals surface area contributed by atoms with Crippen molar-refractivity contribution >= 4 is 45.7 Å². The first-order valence-electron chi connectivity index (χ1n) is 6.21. The number of ketones is 1. The molecule has 0 aliphatic rings. The smallest absolute Gasteiger partial charge is 0.252 e. The minimum absolute atomic E-state index is 0.0467. The van der Waals surface area contributed by atoms with E-state index in [1.165, 1.54) is 34.0 Å². The molecule has 3 aromatic rings. The number of carbonyl (C=O) groups excluding carboxylic acids is 2. The summed E-state index contributed by atoms with van der Waals surface area (Å²) in [5, 5.41) is 8.44. The van der Waals surface area contributed by atoms with Gasteiger partial charge in [-0.05, 0) is 35.0 Å². The van der Waals surface area contributed by atoms with Gasteiger partial charge in [-0.15, -0.1) is 22.7 Å². The molecule has 21 heavy (non-hydrogen) atoms. The van der Waals surface area contributed by atoms with Crippen LogP contribution in [0.2, 0.25) is 0 Å². The average Bonchev–Trinajstić information content (AvgIpc) is 3.26. The molecule has 0 aromatic carbocycles. The molecule has 0 spiro atoms. The number of rotatable bonds is 5. The molecule has 106 valence electrons. The molecular weight excluding hydrogens is 322 g/mol. The minimum atomic E-state index is -0.0872. The third-order valence-electron chi connectivity index (χ3n) is 2.84. The molecule has 0 aliphatic carbocycles. The molecule has 0 saturated heterocycles. The summed E-state index contributed by atoms with van der Waals surface area (Å²) >= 11 is 4.36. The highest BCUT2D eigenvalue weighted by molar-refractivity contribution is 7.16. The second-order valence-electron chi connectivity index (χ2n) is 4.27. The number of amides is 1. The number of carbonyl (C=O) groups is 2. The van der Waals surface area contributed by atoms with Crippen molar-refractivity contribution in [3.63, 3.8) is 0 Å². The van der Waals surface area contributed by atoms with Crippen LogP contribution >= 0.6 is 34.0 Å². The van der Waals surface area contributed by atoms with E-state index in [1.807, 2.05) is 40.4 Å². The zero-order chi connectivity index (χ0) is 14.7. The van der Waals surface area contributed by atoms with Crippen molar-refractivity contribution in [3.8, 4) is 0 Å². The van der Waals surface area contributed by atoms with Crippen LogP contribution in [0.15, 0.2) is 46.5 Å².